The summed E-state index contributed by atoms with van der Waals surface area (Å²) >= 11 is 2.09. The van der Waals surface area contributed by atoms with Crippen molar-refractivity contribution in [2.24, 2.45) is 12.2 Å². The van der Waals surface area contributed by atoms with Crippen LogP contribution in [0.2, 0.25) is 0 Å². The van der Waals surface area contributed by atoms with E-state index in [1.54, 1.807) is 0 Å². The Morgan fingerprint density at radius 2 is 1.79 bits per heavy atom. The normalized spacial score (nSPS) is 16.7. The second kappa shape index (κ2) is 17.4. The molecule has 2 unspecified atom stereocenters. The number of fused-ring (bicyclic) bond motifs is 1. The third-order valence-electron chi connectivity index (χ3n) is 8.17. The summed E-state index contributed by atoms with van der Waals surface area (Å²) in [5.74, 6) is -4.23. The van der Waals surface area contributed by atoms with Crippen molar-refractivity contribution in [3.63, 3.8) is 0 Å². The Kier molecular flexibility index (Phi) is 13.0. The van der Waals surface area contributed by atoms with Gasteiger partial charge in [-0.15, -0.1) is 16.9 Å². The number of hydrogen-bond donors (Lipinski definition) is 8. The summed E-state index contributed by atoms with van der Waals surface area (Å²) < 4.78 is 24.0. The summed E-state index contributed by atoms with van der Waals surface area (Å²) in [4.78, 5) is 84.7. The van der Waals surface area contributed by atoms with E-state index in [2.05, 4.69) is 41.4 Å². The van der Waals surface area contributed by atoms with E-state index in [1.165, 1.54) is 55.6 Å². The maximum absolute atomic E-state index is 13.7. The number of carboxylic acid groups (broad SMARTS) is 1. The van der Waals surface area contributed by atoms with Gasteiger partial charge in [0.05, 0.1) is 22.8 Å². The number of phenols is 1. The molecule has 2 aliphatic rings. The number of phenolic OH excluding ortho intramolecular Hbond substituents is 1. The molecule has 57 heavy (non-hydrogen) atoms. The van der Waals surface area contributed by atoms with Gasteiger partial charge in [-0.25, -0.2) is 28.4 Å². The van der Waals surface area contributed by atoms with Crippen LogP contribution in [0.3, 0.4) is 0 Å². The fourth-order valence-electron chi connectivity index (χ4n) is 5.40. The quantitative estimate of drug-likeness (QED) is 0.0287. The molecule has 292 valence electrons. The van der Waals surface area contributed by atoms with Crippen molar-refractivity contribution in [3.8, 4) is 11.6 Å². The van der Waals surface area contributed by atoms with Gasteiger partial charge < -0.3 is 41.4 Å². The first kappa shape index (κ1) is 42.7. The predicted octanol–water partition coefficient (Wildman–Crippen LogP) is -4.88. The number of carboxylic acids is 1. The Morgan fingerprint density at radius 1 is 1.11 bits per heavy atom. The number of aromatic hydroxyl groups is 2. The number of nitrogens with zero attached hydrogens (tertiary/aromatic N) is 5. The molecule has 22 nitrogen and oxygen atoms in total. The second-order valence-corrected chi connectivity index (χ2v) is 15.5. The molecule has 2 aromatic carbocycles. The number of carbonyl (C=O) groups excluding carboxylic acids is 4. The number of aliphatic carboxylic acids is 1. The number of primary sulfonamides is 1. The minimum Gasteiger partial charge on any atom is -0.543 e. The standard InChI is InChI=1S/C31H29N11O11S3.Na/c1-41-26(48)24(46)39-40-31(41)55-12-14-11-54-27-20(25(47)42(27)21(14)28(49)50)36-23(45)19(13-2-6-16(43)7-3-13)37-30(51)35-18-10-33-29(38-22(18)44)34-15-4-8-17(9-5-15)56(32,52)53;/h2-10,19-20,27,43H,11-12H2,1H3,(H,36,45)(H,39,46)(H,49,50)(H2,32,52,53)(H2,35,37,51)(H2,33,34,38,44);/q;+1/p-1/t19?,20?,27-;/m0./s1. The molecule has 1 fully saturated rings. The maximum Gasteiger partial charge on any atom is 1.00 e. The van der Waals surface area contributed by atoms with E-state index in [-0.39, 0.29) is 79.6 Å². The fraction of sp³-hybridized carbons (Fsp3) is 0.194. The van der Waals surface area contributed by atoms with Gasteiger partial charge >= 0.3 is 46.7 Å². The van der Waals surface area contributed by atoms with Crippen LogP contribution in [0, 0.1) is 0 Å². The monoisotopic (exact) mass is 849 g/mol. The number of anilines is 3. The number of β-lactam (4-membered cyclic amide) rings is 1. The molecule has 1 saturated heterocycles. The minimum atomic E-state index is -3.92. The van der Waals surface area contributed by atoms with E-state index in [0.717, 1.165) is 39.2 Å². The van der Waals surface area contributed by atoms with Gasteiger partial charge in [-0.2, -0.15) is 4.98 Å². The van der Waals surface area contributed by atoms with Gasteiger partial charge in [0, 0.05) is 24.2 Å². The van der Waals surface area contributed by atoms with E-state index in [1.807, 2.05) is 0 Å². The van der Waals surface area contributed by atoms with E-state index in [9.17, 15) is 52.5 Å². The Hall–Kier alpha value is -5.44. The Labute approximate surface area is 351 Å². The molecule has 4 aromatic rings. The van der Waals surface area contributed by atoms with Crippen LogP contribution in [-0.4, -0.2) is 95.0 Å². The number of sulfonamides is 1. The molecule has 0 aliphatic carbocycles. The molecule has 0 spiro atoms. The number of amides is 4. The third kappa shape index (κ3) is 9.41. The summed E-state index contributed by atoms with van der Waals surface area (Å²) in [7, 11) is -2.60. The van der Waals surface area contributed by atoms with Gasteiger partial charge in [-0.1, -0.05) is 23.9 Å². The number of thioether (sulfide) groups is 2. The van der Waals surface area contributed by atoms with Crippen LogP contribution in [-0.2, 0) is 31.5 Å². The van der Waals surface area contributed by atoms with Crippen LogP contribution in [0.4, 0.5) is 22.1 Å². The average Bonchev–Trinajstić information content (AvgIpc) is 3.15. The molecule has 4 heterocycles. The molecule has 2 aromatic heterocycles. The van der Waals surface area contributed by atoms with Crippen LogP contribution in [0.5, 0.6) is 11.6 Å². The number of H-pyrrole nitrogens is 1. The topological polar surface area (TPSA) is 337 Å². The van der Waals surface area contributed by atoms with Gasteiger partial charge in [0.2, 0.25) is 27.8 Å². The number of benzene rings is 2. The van der Waals surface area contributed by atoms with E-state index >= 15 is 0 Å². The molecule has 0 saturated carbocycles. The van der Waals surface area contributed by atoms with Crippen molar-refractivity contribution in [2.75, 3.05) is 22.1 Å². The molecule has 4 amide bonds. The zero-order chi connectivity index (χ0) is 40.5. The number of aromatic nitrogens is 5. The van der Waals surface area contributed by atoms with Crippen LogP contribution >= 0.6 is 23.5 Å². The van der Waals surface area contributed by atoms with E-state index in [4.69, 9.17) is 5.14 Å². The first-order valence-corrected chi connectivity index (χ1v) is 19.4. The van der Waals surface area contributed by atoms with E-state index < -0.39 is 74.0 Å². The van der Waals surface area contributed by atoms with Crippen molar-refractivity contribution in [2.45, 2.75) is 27.5 Å². The Balaban J connectivity index is 0.00000620. The van der Waals surface area contributed by atoms with Crippen LogP contribution < -0.4 is 72.2 Å². The molecule has 0 radical (unpaired) electrons. The molecule has 6 rings (SSSR count). The van der Waals surface area contributed by atoms with Crippen molar-refractivity contribution in [3.05, 3.63) is 92.3 Å². The first-order chi connectivity index (χ1) is 26.5. The SMILES string of the molecule is Cn1c(SCC2=C(C(=O)[O-])N3C(=O)C(NC(=O)C(NC(=O)Nc4cnc(Nc5ccc(S(N)(=O)=O)cc5)nc4O)c4ccc(O)cc4)[C@@H]3SC2)n[nH]c(=O)c1=O.[Na+]. The van der Waals surface area contributed by atoms with Crippen LogP contribution in [0.25, 0.3) is 0 Å². The number of carbonyl (C=O) groups is 4. The summed E-state index contributed by atoms with van der Waals surface area (Å²) in [5, 5.41) is 52.8. The molecule has 3 atom stereocenters. The van der Waals surface area contributed by atoms with Gasteiger partial charge in [-0.05, 0) is 47.5 Å². The Bertz CT molecular complexity index is 2520. The van der Waals surface area contributed by atoms with Gasteiger partial charge in [0.25, 0.3) is 5.91 Å². The number of urea groups is 1. The molecule has 2 aliphatic heterocycles. The first-order valence-electron chi connectivity index (χ1n) is 15.8. The average molecular weight is 850 g/mol. The summed E-state index contributed by atoms with van der Waals surface area (Å²) in [5.41, 5.74) is -1.71. The van der Waals surface area contributed by atoms with Crippen LogP contribution in [0.15, 0.2) is 85.6 Å². The summed E-state index contributed by atoms with van der Waals surface area (Å²) in [6.07, 6.45) is 1.05. The number of nitrogens with one attached hydrogen (secondary N) is 5. The third-order valence-corrected chi connectivity index (χ3v) is 11.6. The largest absolute Gasteiger partial charge is 1.00 e. The number of aromatic amines is 1. The fourth-order valence-corrected chi connectivity index (χ4v) is 8.32. The smallest absolute Gasteiger partial charge is 0.543 e. The molecular formula is C31H28N11NaO11S3. The van der Waals surface area contributed by atoms with Crippen molar-refractivity contribution < 1.29 is 72.5 Å². The predicted molar refractivity (Wildman–Crippen MR) is 196 cm³/mol. The van der Waals surface area contributed by atoms with Crippen LogP contribution in [0.1, 0.15) is 11.6 Å². The second-order valence-electron chi connectivity index (χ2n) is 11.9. The molecule has 9 N–H and O–H groups in total. The molecular weight excluding hydrogens is 822 g/mol. The van der Waals surface area contributed by atoms with E-state index in [0.29, 0.717) is 5.69 Å². The van der Waals surface area contributed by atoms with Gasteiger partial charge in [-0.3, -0.25) is 28.6 Å². The zero-order valence-electron chi connectivity index (χ0n) is 29.4. The maximum atomic E-state index is 13.7. The zero-order valence-corrected chi connectivity index (χ0v) is 33.9. The molecule has 0 bridgehead atoms. The summed E-state index contributed by atoms with van der Waals surface area (Å²) in [6, 6.07) is 6.70. The van der Waals surface area contributed by atoms with Crippen molar-refractivity contribution >= 4 is 74.7 Å². The number of rotatable bonds is 12. The minimum absolute atomic E-state index is 0. The van der Waals surface area contributed by atoms with Gasteiger partial charge in [0.15, 0.2) is 5.16 Å². The Morgan fingerprint density at radius 3 is 2.42 bits per heavy atom. The van der Waals surface area contributed by atoms with Crippen molar-refractivity contribution in [1.82, 2.24) is 40.3 Å². The number of nitrogens with two attached hydrogens (primary N) is 1. The number of hydrogen-bond acceptors (Lipinski definition) is 17. The molecule has 26 heteroatoms. The summed E-state index contributed by atoms with van der Waals surface area (Å²) in [6.45, 7) is 0. The van der Waals surface area contributed by atoms with Crippen molar-refractivity contribution in [1.29, 1.82) is 0 Å². The van der Waals surface area contributed by atoms with Gasteiger partial charge in [0.1, 0.15) is 28.9 Å².